The Balaban J connectivity index is 2.47. The Kier molecular flexibility index (Phi) is 7.15. The number of carbonyl (C=O) groups is 2. The standard InChI is InChI=1S/C15H21NO3S/c1-11(2)9-13(15(18)19-3)16-14(17)10-20-12-7-5-4-6-8-12/h4-8,11,13H,9-10H2,1-3H3,(H,16,17)/t13-/m1/s1. The largest absolute Gasteiger partial charge is 0.467 e. The van der Waals surface area contributed by atoms with Gasteiger partial charge in [-0.1, -0.05) is 32.0 Å². The summed E-state index contributed by atoms with van der Waals surface area (Å²) in [6.07, 6.45) is 0.578. The lowest BCUT2D eigenvalue weighted by molar-refractivity contribution is -0.145. The topological polar surface area (TPSA) is 55.4 Å². The van der Waals surface area contributed by atoms with Crippen LogP contribution in [0.5, 0.6) is 0 Å². The number of esters is 1. The molecule has 1 N–H and O–H groups in total. The second kappa shape index (κ2) is 8.64. The highest BCUT2D eigenvalue weighted by molar-refractivity contribution is 8.00. The third-order valence-corrected chi connectivity index (χ3v) is 3.65. The van der Waals surface area contributed by atoms with Gasteiger partial charge in [0.1, 0.15) is 6.04 Å². The van der Waals surface area contributed by atoms with Crippen LogP contribution in [0.1, 0.15) is 20.3 Å². The predicted octanol–water partition coefficient (Wildman–Crippen LogP) is 2.48. The summed E-state index contributed by atoms with van der Waals surface area (Å²) in [5.41, 5.74) is 0. The molecule has 0 aliphatic carbocycles. The number of nitrogens with one attached hydrogen (secondary N) is 1. The molecule has 1 atom stereocenters. The zero-order valence-electron chi connectivity index (χ0n) is 12.1. The van der Waals surface area contributed by atoms with E-state index in [4.69, 9.17) is 4.74 Å². The number of rotatable bonds is 7. The second-order valence-electron chi connectivity index (χ2n) is 4.87. The fourth-order valence-corrected chi connectivity index (χ4v) is 2.46. The summed E-state index contributed by atoms with van der Waals surface area (Å²) >= 11 is 1.44. The van der Waals surface area contributed by atoms with Gasteiger partial charge in [0.15, 0.2) is 0 Å². The van der Waals surface area contributed by atoms with E-state index in [9.17, 15) is 9.59 Å². The van der Waals surface area contributed by atoms with E-state index in [2.05, 4.69) is 5.32 Å². The second-order valence-corrected chi connectivity index (χ2v) is 5.92. The number of carbonyl (C=O) groups excluding carboxylic acids is 2. The highest BCUT2D eigenvalue weighted by Gasteiger charge is 2.22. The van der Waals surface area contributed by atoms with E-state index < -0.39 is 12.0 Å². The number of thioether (sulfide) groups is 1. The lowest BCUT2D eigenvalue weighted by atomic mass is 10.0. The average molecular weight is 295 g/mol. The summed E-state index contributed by atoms with van der Waals surface area (Å²) < 4.78 is 4.72. The molecule has 0 bridgehead atoms. The molecule has 20 heavy (non-hydrogen) atoms. The van der Waals surface area contributed by atoms with Crippen molar-refractivity contribution >= 4 is 23.6 Å². The summed E-state index contributed by atoms with van der Waals surface area (Å²) in [7, 11) is 1.33. The Morgan fingerprint density at radius 2 is 1.90 bits per heavy atom. The van der Waals surface area contributed by atoms with Crippen molar-refractivity contribution in [2.45, 2.75) is 31.2 Å². The van der Waals surface area contributed by atoms with Gasteiger partial charge < -0.3 is 10.1 Å². The van der Waals surface area contributed by atoms with Crippen molar-refractivity contribution in [2.75, 3.05) is 12.9 Å². The molecule has 110 valence electrons. The summed E-state index contributed by atoms with van der Waals surface area (Å²) in [6, 6.07) is 9.11. The molecule has 1 aromatic carbocycles. The molecule has 0 unspecified atom stereocenters. The summed E-state index contributed by atoms with van der Waals surface area (Å²) in [5.74, 6) is 0.0446. The fourth-order valence-electron chi connectivity index (χ4n) is 1.73. The molecule has 5 heteroatoms. The highest BCUT2D eigenvalue weighted by Crippen LogP contribution is 2.16. The molecule has 0 aliphatic heterocycles. The first kappa shape index (κ1) is 16.6. The molecule has 0 aromatic heterocycles. The maximum atomic E-state index is 11.9. The summed E-state index contributed by atoms with van der Waals surface area (Å²) in [4.78, 5) is 24.5. The summed E-state index contributed by atoms with van der Waals surface area (Å²) in [6.45, 7) is 4.00. The molecule has 4 nitrogen and oxygen atoms in total. The van der Waals surface area contributed by atoms with Crippen molar-refractivity contribution in [1.29, 1.82) is 0 Å². The molecule has 0 aliphatic rings. The molecular weight excluding hydrogens is 274 g/mol. The van der Waals surface area contributed by atoms with E-state index in [0.717, 1.165) is 4.90 Å². The van der Waals surface area contributed by atoms with Gasteiger partial charge in [-0.15, -0.1) is 11.8 Å². The van der Waals surface area contributed by atoms with Crippen LogP contribution in [0.3, 0.4) is 0 Å². The van der Waals surface area contributed by atoms with Gasteiger partial charge in [0.05, 0.1) is 12.9 Å². The van der Waals surface area contributed by atoms with E-state index >= 15 is 0 Å². The molecule has 1 amide bonds. The highest BCUT2D eigenvalue weighted by atomic mass is 32.2. The Morgan fingerprint density at radius 3 is 2.45 bits per heavy atom. The van der Waals surface area contributed by atoms with E-state index in [1.165, 1.54) is 18.9 Å². The Labute approximate surface area is 124 Å². The van der Waals surface area contributed by atoms with Crippen molar-refractivity contribution in [3.8, 4) is 0 Å². The van der Waals surface area contributed by atoms with Gasteiger partial charge in [-0.3, -0.25) is 4.79 Å². The van der Waals surface area contributed by atoms with Crippen molar-refractivity contribution < 1.29 is 14.3 Å². The average Bonchev–Trinajstić information content (AvgIpc) is 2.44. The van der Waals surface area contributed by atoms with Gasteiger partial charge >= 0.3 is 5.97 Å². The number of hydrogen-bond donors (Lipinski definition) is 1. The van der Waals surface area contributed by atoms with E-state index in [1.807, 2.05) is 44.2 Å². The third kappa shape index (κ3) is 6.10. The van der Waals surface area contributed by atoms with Gasteiger partial charge in [0.2, 0.25) is 5.91 Å². The van der Waals surface area contributed by atoms with Gasteiger partial charge in [0, 0.05) is 4.90 Å². The lowest BCUT2D eigenvalue weighted by Gasteiger charge is -2.18. The zero-order chi connectivity index (χ0) is 15.0. The van der Waals surface area contributed by atoms with Crippen LogP contribution in [0, 0.1) is 5.92 Å². The van der Waals surface area contributed by atoms with Gasteiger partial charge in [-0.05, 0) is 24.5 Å². The predicted molar refractivity (Wildman–Crippen MR) is 80.6 cm³/mol. The van der Waals surface area contributed by atoms with Crippen molar-refractivity contribution in [2.24, 2.45) is 5.92 Å². The molecule has 0 spiro atoms. The maximum Gasteiger partial charge on any atom is 0.328 e. The van der Waals surface area contributed by atoms with Gasteiger partial charge in [0.25, 0.3) is 0 Å². The van der Waals surface area contributed by atoms with Crippen LogP contribution in [-0.4, -0.2) is 30.8 Å². The monoisotopic (exact) mass is 295 g/mol. The Bertz CT molecular complexity index is 434. The fraction of sp³-hybridized carbons (Fsp3) is 0.467. The normalized spacial score (nSPS) is 12.0. The Morgan fingerprint density at radius 1 is 1.25 bits per heavy atom. The number of benzene rings is 1. The van der Waals surface area contributed by atoms with Crippen LogP contribution >= 0.6 is 11.8 Å². The molecule has 1 rings (SSSR count). The minimum Gasteiger partial charge on any atom is -0.467 e. The van der Waals surface area contributed by atoms with Crippen LogP contribution < -0.4 is 5.32 Å². The first-order valence-electron chi connectivity index (χ1n) is 6.58. The minimum atomic E-state index is -0.566. The zero-order valence-corrected chi connectivity index (χ0v) is 12.9. The lowest BCUT2D eigenvalue weighted by Crippen LogP contribution is -2.43. The molecule has 0 heterocycles. The van der Waals surface area contributed by atoms with Crippen LogP contribution in [0.2, 0.25) is 0 Å². The van der Waals surface area contributed by atoms with Crippen LogP contribution in [-0.2, 0) is 14.3 Å². The number of ether oxygens (including phenoxy) is 1. The van der Waals surface area contributed by atoms with Crippen molar-refractivity contribution in [3.63, 3.8) is 0 Å². The Hall–Kier alpha value is -1.49. The first-order chi connectivity index (χ1) is 9.52. The number of amides is 1. The van der Waals surface area contributed by atoms with E-state index in [-0.39, 0.29) is 11.7 Å². The SMILES string of the molecule is COC(=O)[C@@H](CC(C)C)NC(=O)CSc1ccccc1. The quantitative estimate of drug-likeness (QED) is 0.620. The van der Waals surface area contributed by atoms with Crippen molar-refractivity contribution in [3.05, 3.63) is 30.3 Å². The maximum absolute atomic E-state index is 11.9. The molecular formula is C15H21NO3S. The third-order valence-electron chi connectivity index (χ3n) is 2.64. The van der Waals surface area contributed by atoms with Crippen LogP contribution in [0.4, 0.5) is 0 Å². The van der Waals surface area contributed by atoms with Crippen LogP contribution in [0.25, 0.3) is 0 Å². The number of methoxy groups -OCH3 is 1. The molecule has 0 saturated carbocycles. The molecule has 0 fully saturated rings. The van der Waals surface area contributed by atoms with Crippen LogP contribution in [0.15, 0.2) is 35.2 Å². The molecule has 1 aromatic rings. The van der Waals surface area contributed by atoms with Gasteiger partial charge in [-0.2, -0.15) is 0 Å². The van der Waals surface area contributed by atoms with E-state index in [1.54, 1.807) is 0 Å². The minimum absolute atomic E-state index is 0.157. The molecule has 0 radical (unpaired) electrons. The van der Waals surface area contributed by atoms with E-state index in [0.29, 0.717) is 12.3 Å². The smallest absolute Gasteiger partial charge is 0.328 e. The van der Waals surface area contributed by atoms with Crippen molar-refractivity contribution in [1.82, 2.24) is 5.32 Å². The summed E-state index contributed by atoms with van der Waals surface area (Å²) in [5, 5.41) is 2.73. The molecule has 0 saturated heterocycles. The number of hydrogen-bond acceptors (Lipinski definition) is 4. The van der Waals surface area contributed by atoms with Gasteiger partial charge in [-0.25, -0.2) is 4.79 Å². The first-order valence-corrected chi connectivity index (χ1v) is 7.56.